The molecule has 1 aromatic heterocycles. The van der Waals surface area contributed by atoms with Crippen molar-refractivity contribution in [2.24, 2.45) is 0 Å². The van der Waals surface area contributed by atoms with Gasteiger partial charge in [-0.3, -0.25) is 9.69 Å². The Morgan fingerprint density at radius 3 is 3.29 bits per heavy atom. The zero-order valence-electron chi connectivity index (χ0n) is 10.0. The third-order valence-corrected chi connectivity index (χ3v) is 3.88. The summed E-state index contributed by atoms with van der Waals surface area (Å²) < 4.78 is 5.45. The topological polar surface area (TPSA) is 41.6 Å². The van der Waals surface area contributed by atoms with Crippen LogP contribution in [0.2, 0.25) is 0 Å². The highest BCUT2D eigenvalue weighted by Gasteiger charge is 2.25. The van der Waals surface area contributed by atoms with Gasteiger partial charge in [0.2, 0.25) is 5.91 Å². The number of likely N-dealkylation sites (N-methyl/N-ethyl adjacent to an activating group) is 1. The number of carbonyl (C=O) groups excluding carboxylic acids is 1. The highest BCUT2D eigenvalue weighted by Crippen LogP contribution is 2.11. The second-order valence-electron chi connectivity index (χ2n) is 4.10. The minimum Gasteiger partial charge on any atom is -0.366 e. The fourth-order valence-corrected chi connectivity index (χ4v) is 2.65. The first-order chi connectivity index (χ1) is 8.29. The SMILES string of the molecule is CNC(=O)[C@H]1CN(CCc2cccs2)CCO1. The Morgan fingerprint density at radius 2 is 2.59 bits per heavy atom. The molecule has 0 saturated carbocycles. The van der Waals surface area contributed by atoms with Crippen LogP contribution in [0.5, 0.6) is 0 Å². The lowest BCUT2D eigenvalue weighted by atomic mass is 10.2. The van der Waals surface area contributed by atoms with Gasteiger partial charge in [-0.25, -0.2) is 0 Å². The first-order valence-corrected chi connectivity index (χ1v) is 6.75. The van der Waals surface area contributed by atoms with Crippen LogP contribution in [0, 0.1) is 0 Å². The first kappa shape index (κ1) is 12.5. The van der Waals surface area contributed by atoms with Crippen molar-refractivity contribution in [1.82, 2.24) is 10.2 Å². The Bertz CT molecular complexity index is 353. The standard InChI is InChI=1S/C12H18N2O2S/c1-13-12(15)11-9-14(6-7-16-11)5-4-10-3-2-8-17-10/h2-3,8,11H,4-7,9H2,1H3,(H,13,15)/t11-/m1/s1. The summed E-state index contributed by atoms with van der Waals surface area (Å²) in [7, 11) is 1.65. The van der Waals surface area contributed by atoms with E-state index in [0.717, 1.165) is 19.5 Å². The van der Waals surface area contributed by atoms with Gasteiger partial charge >= 0.3 is 0 Å². The summed E-state index contributed by atoms with van der Waals surface area (Å²) in [6.45, 7) is 3.25. The van der Waals surface area contributed by atoms with Crippen LogP contribution in [0.1, 0.15) is 4.88 Å². The summed E-state index contributed by atoms with van der Waals surface area (Å²) in [5.74, 6) is -0.0224. The first-order valence-electron chi connectivity index (χ1n) is 5.87. The Kier molecular flexibility index (Phi) is 4.53. The molecule has 1 N–H and O–H groups in total. The molecule has 1 aromatic rings. The van der Waals surface area contributed by atoms with E-state index in [-0.39, 0.29) is 12.0 Å². The molecular weight excluding hydrogens is 236 g/mol. The van der Waals surface area contributed by atoms with Gasteiger partial charge in [-0.1, -0.05) is 6.07 Å². The molecule has 1 aliphatic heterocycles. The highest BCUT2D eigenvalue weighted by atomic mass is 32.1. The predicted molar refractivity (Wildman–Crippen MR) is 68.3 cm³/mol. The third kappa shape index (κ3) is 3.52. The molecule has 1 amide bonds. The second-order valence-corrected chi connectivity index (χ2v) is 5.14. The van der Waals surface area contributed by atoms with Gasteiger partial charge < -0.3 is 10.1 Å². The lowest BCUT2D eigenvalue weighted by molar-refractivity contribution is -0.137. The van der Waals surface area contributed by atoms with Crippen LogP contribution < -0.4 is 5.32 Å². The number of carbonyl (C=O) groups is 1. The average molecular weight is 254 g/mol. The Morgan fingerprint density at radius 1 is 1.71 bits per heavy atom. The van der Waals surface area contributed by atoms with Crippen molar-refractivity contribution in [2.45, 2.75) is 12.5 Å². The molecule has 4 nitrogen and oxygen atoms in total. The molecule has 2 rings (SSSR count). The Balaban J connectivity index is 1.79. The van der Waals surface area contributed by atoms with E-state index in [2.05, 4.69) is 27.7 Å². The van der Waals surface area contributed by atoms with Crippen molar-refractivity contribution >= 4 is 17.2 Å². The second kappa shape index (κ2) is 6.14. The molecule has 94 valence electrons. The number of nitrogens with zero attached hydrogens (tertiary/aromatic N) is 1. The maximum absolute atomic E-state index is 11.5. The average Bonchev–Trinajstić information content (AvgIpc) is 2.89. The van der Waals surface area contributed by atoms with Gasteiger partial charge in [-0.05, 0) is 17.9 Å². The van der Waals surface area contributed by atoms with E-state index >= 15 is 0 Å². The number of nitrogens with one attached hydrogen (secondary N) is 1. The summed E-state index contributed by atoms with van der Waals surface area (Å²) in [5, 5.41) is 4.74. The number of rotatable bonds is 4. The maximum Gasteiger partial charge on any atom is 0.250 e. The van der Waals surface area contributed by atoms with Crippen molar-refractivity contribution in [3.63, 3.8) is 0 Å². The van der Waals surface area contributed by atoms with Crippen LogP contribution >= 0.6 is 11.3 Å². The van der Waals surface area contributed by atoms with E-state index in [9.17, 15) is 4.79 Å². The largest absolute Gasteiger partial charge is 0.366 e. The zero-order chi connectivity index (χ0) is 12.1. The van der Waals surface area contributed by atoms with Crippen LogP contribution in [-0.4, -0.2) is 50.2 Å². The van der Waals surface area contributed by atoms with Crippen molar-refractivity contribution in [3.05, 3.63) is 22.4 Å². The monoisotopic (exact) mass is 254 g/mol. The van der Waals surface area contributed by atoms with E-state index in [0.29, 0.717) is 13.2 Å². The van der Waals surface area contributed by atoms with Crippen molar-refractivity contribution < 1.29 is 9.53 Å². The molecule has 0 aromatic carbocycles. The number of ether oxygens (including phenoxy) is 1. The van der Waals surface area contributed by atoms with E-state index < -0.39 is 0 Å². The summed E-state index contributed by atoms with van der Waals surface area (Å²) in [6, 6.07) is 4.23. The molecule has 0 unspecified atom stereocenters. The molecule has 1 aliphatic rings. The van der Waals surface area contributed by atoms with Gasteiger partial charge in [-0.2, -0.15) is 0 Å². The van der Waals surface area contributed by atoms with Crippen LogP contribution in [-0.2, 0) is 16.0 Å². The molecule has 0 aliphatic carbocycles. The summed E-state index contributed by atoms with van der Waals surface area (Å²) in [5.41, 5.74) is 0. The smallest absolute Gasteiger partial charge is 0.250 e. The van der Waals surface area contributed by atoms with Crippen LogP contribution in [0.4, 0.5) is 0 Å². The molecule has 2 heterocycles. The lowest BCUT2D eigenvalue weighted by Gasteiger charge is -2.31. The number of amides is 1. The van der Waals surface area contributed by atoms with Gasteiger partial charge in [0.1, 0.15) is 6.10 Å². The van der Waals surface area contributed by atoms with Gasteiger partial charge in [0.25, 0.3) is 0 Å². The van der Waals surface area contributed by atoms with Crippen LogP contribution in [0.3, 0.4) is 0 Å². The summed E-state index contributed by atoms with van der Waals surface area (Å²) in [4.78, 5) is 15.2. The molecule has 1 saturated heterocycles. The van der Waals surface area contributed by atoms with Gasteiger partial charge in [0.15, 0.2) is 0 Å². The Hall–Kier alpha value is -0.910. The van der Waals surface area contributed by atoms with Crippen molar-refractivity contribution in [2.75, 3.05) is 33.3 Å². The zero-order valence-corrected chi connectivity index (χ0v) is 10.8. The molecule has 1 atom stereocenters. The number of morpholine rings is 1. The normalized spacial score (nSPS) is 21.4. The Labute approximate surface area is 106 Å². The molecule has 17 heavy (non-hydrogen) atoms. The van der Waals surface area contributed by atoms with Crippen molar-refractivity contribution in [1.29, 1.82) is 0 Å². The number of hydrogen-bond acceptors (Lipinski definition) is 4. The predicted octanol–water partition coefficient (Wildman–Crippen LogP) is 0.737. The van der Waals surface area contributed by atoms with E-state index in [1.165, 1.54) is 4.88 Å². The van der Waals surface area contributed by atoms with Crippen molar-refractivity contribution in [3.8, 4) is 0 Å². The molecule has 0 bridgehead atoms. The summed E-state index contributed by atoms with van der Waals surface area (Å²) >= 11 is 1.79. The molecule has 0 spiro atoms. The van der Waals surface area contributed by atoms with Crippen LogP contribution in [0.25, 0.3) is 0 Å². The molecular formula is C12H18N2O2S. The van der Waals surface area contributed by atoms with Crippen LogP contribution in [0.15, 0.2) is 17.5 Å². The fourth-order valence-electron chi connectivity index (χ4n) is 1.95. The molecule has 0 radical (unpaired) electrons. The maximum atomic E-state index is 11.5. The van der Waals surface area contributed by atoms with Gasteiger partial charge in [-0.15, -0.1) is 11.3 Å². The number of hydrogen-bond donors (Lipinski definition) is 1. The summed E-state index contributed by atoms with van der Waals surface area (Å²) in [6.07, 6.45) is 0.745. The lowest BCUT2D eigenvalue weighted by Crippen LogP contribution is -2.49. The van der Waals surface area contributed by atoms with Gasteiger partial charge in [0, 0.05) is 31.6 Å². The minimum absolute atomic E-state index is 0.0224. The molecule has 1 fully saturated rings. The third-order valence-electron chi connectivity index (χ3n) is 2.94. The van der Waals surface area contributed by atoms with E-state index in [1.807, 2.05) is 0 Å². The minimum atomic E-state index is -0.308. The highest BCUT2D eigenvalue weighted by molar-refractivity contribution is 7.09. The van der Waals surface area contributed by atoms with E-state index in [4.69, 9.17) is 4.74 Å². The van der Waals surface area contributed by atoms with Gasteiger partial charge in [0.05, 0.1) is 6.61 Å². The fraction of sp³-hybridized carbons (Fsp3) is 0.583. The molecule has 5 heteroatoms. The number of thiophene rings is 1. The quantitative estimate of drug-likeness (QED) is 0.861. The van der Waals surface area contributed by atoms with E-state index in [1.54, 1.807) is 18.4 Å².